The fraction of sp³-hybridized carbons (Fsp3) is 0.765. The fourth-order valence-corrected chi connectivity index (χ4v) is 5.60. The summed E-state index contributed by atoms with van der Waals surface area (Å²) in [6.07, 6.45) is 11.4. The Morgan fingerprint density at radius 1 is 1.20 bits per heavy atom. The fourth-order valence-electron chi connectivity index (χ4n) is 4.46. The van der Waals surface area contributed by atoms with Crippen molar-refractivity contribution >= 4 is 22.9 Å². The van der Waals surface area contributed by atoms with Gasteiger partial charge < -0.3 is 5.32 Å². The van der Waals surface area contributed by atoms with Gasteiger partial charge in [-0.2, -0.15) is 0 Å². The highest BCUT2D eigenvalue weighted by Gasteiger charge is 2.35. The Kier molecular flexibility index (Phi) is 5.06. The minimum atomic E-state index is 0.632. The number of thiophene rings is 1. The molecule has 0 aromatic carbocycles. The number of fused-ring (bicyclic) bond motifs is 1. The van der Waals surface area contributed by atoms with E-state index < -0.39 is 0 Å². The second kappa shape index (κ2) is 6.81. The molecule has 4 atom stereocenters. The molecule has 0 spiro atoms. The van der Waals surface area contributed by atoms with Crippen LogP contribution in [0.15, 0.2) is 12.1 Å². The maximum absolute atomic E-state index is 6.06. The number of nitrogens with one attached hydrogen (secondary N) is 1. The van der Waals surface area contributed by atoms with Gasteiger partial charge in [-0.15, -0.1) is 11.3 Å². The Labute approximate surface area is 132 Å². The van der Waals surface area contributed by atoms with Crippen molar-refractivity contribution in [2.24, 2.45) is 17.8 Å². The minimum Gasteiger partial charge on any atom is -0.316 e. The first-order valence-corrected chi connectivity index (χ1v) is 9.37. The van der Waals surface area contributed by atoms with Crippen LogP contribution in [0.3, 0.4) is 0 Å². The molecule has 1 aromatic heterocycles. The average Bonchev–Trinajstić information content (AvgIpc) is 2.89. The molecule has 1 nitrogen and oxygen atoms in total. The van der Waals surface area contributed by atoms with Crippen LogP contribution >= 0.6 is 22.9 Å². The Hall–Kier alpha value is -0.0500. The number of hydrogen-bond acceptors (Lipinski definition) is 2. The topological polar surface area (TPSA) is 12.0 Å². The molecule has 3 heteroatoms. The Bertz CT molecular complexity index is 430. The molecule has 3 rings (SSSR count). The Morgan fingerprint density at radius 2 is 2.00 bits per heavy atom. The van der Waals surface area contributed by atoms with Gasteiger partial charge in [-0.3, -0.25) is 0 Å². The highest BCUT2D eigenvalue weighted by atomic mass is 35.5. The zero-order valence-corrected chi connectivity index (χ0v) is 14.0. The summed E-state index contributed by atoms with van der Waals surface area (Å²) in [5.41, 5.74) is 0. The third-order valence-electron chi connectivity index (χ3n) is 5.57. The predicted octanol–water partition coefficient (Wildman–Crippen LogP) is 5.14. The van der Waals surface area contributed by atoms with Crippen molar-refractivity contribution in [3.63, 3.8) is 0 Å². The van der Waals surface area contributed by atoms with Crippen LogP contribution in [0.4, 0.5) is 0 Å². The molecule has 0 amide bonds. The first-order chi connectivity index (χ1) is 9.76. The summed E-state index contributed by atoms with van der Waals surface area (Å²) >= 11 is 7.81. The smallest absolute Gasteiger partial charge is 0.0931 e. The maximum Gasteiger partial charge on any atom is 0.0931 e. The Morgan fingerprint density at radius 3 is 2.70 bits per heavy atom. The first kappa shape index (κ1) is 14.9. The van der Waals surface area contributed by atoms with Gasteiger partial charge in [-0.1, -0.05) is 37.3 Å². The number of rotatable bonds is 4. The molecule has 0 bridgehead atoms. The molecule has 1 N–H and O–H groups in total. The van der Waals surface area contributed by atoms with Crippen molar-refractivity contribution in [3.05, 3.63) is 21.3 Å². The zero-order chi connectivity index (χ0) is 13.9. The van der Waals surface area contributed by atoms with Gasteiger partial charge in [-0.05, 0) is 62.6 Å². The van der Waals surface area contributed by atoms with Gasteiger partial charge in [0.25, 0.3) is 0 Å². The lowest BCUT2D eigenvalue weighted by atomic mass is 9.66. The summed E-state index contributed by atoms with van der Waals surface area (Å²) in [6.45, 7) is 0. The van der Waals surface area contributed by atoms with Crippen molar-refractivity contribution in [2.75, 3.05) is 7.05 Å². The maximum atomic E-state index is 6.06. The van der Waals surface area contributed by atoms with Crippen molar-refractivity contribution in [3.8, 4) is 0 Å². The third-order valence-corrected chi connectivity index (χ3v) is 6.82. The van der Waals surface area contributed by atoms with E-state index >= 15 is 0 Å². The molecule has 0 aliphatic heterocycles. The number of likely N-dealkylation sites (N-methyl/N-ethyl adjacent to an activating group) is 1. The summed E-state index contributed by atoms with van der Waals surface area (Å²) in [7, 11) is 2.13. The monoisotopic (exact) mass is 311 g/mol. The summed E-state index contributed by atoms with van der Waals surface area (Å²) in [4.78, 5) is 1.43. The van der Waals surface area contributed by atoms with Crippen molar-refractivity contribution in [2.45, 2.75) is 57.4 Å². The highest BCUT2D eigenvalue weighted by Crippen LogP contribution is 2.44. The van der Waals surface area contributed by atoms with E-state index in [1.165, 1.54) is 49.8 Å². The van der Waals surface area contributed by atoms with Crippen LogP contribution in [-0.2, 0) is 6.42 Å². The molecular formula is C17H26ClNS. The van der Waals surface area contributed by atoms with Gasteiger partial charge in [0.15, 0.2) is 0 Å². The van der Waals surface area contributed by atoms with Gasteiger partial charge in [-0.25, -0.2) is 0 Å². The molecule has 2 aliphatic carbocycles. The molecule has 112 valence electrons. The molecule has 2 aliphatic rings. The lowest BCUT2D eigenvalue weighted by molar-refractivity contribution is 0.111. The van der Waals surface area contributed by atoms with Gasteiger partial charge in [0, 0.05) is 10.9 Å². The SMILES string of the molecule is CNC(Cc1ccc(Cl)s1)C1CCC2CCCCC2C1. The second-order valence-corrected chi connectivity index (χ2v) is 8.48. The van der Waals surface area contributed by atoms with Gasteiger partial charge in [0.05, 0.1) is 4.34 Å². The number of hydrogen-bond donors (Lipinski definition) is 1. The van der Waals surface area contributed by atoms with Crippen LogP contribution in [0, 0.1) is 17.8 Å². The van der Waals surface area contributed by atoms with E-state index in [9.17, 15) is 0 Å². The molecule has 4 unspecified atom stereocenters. The second-order valence-electron chi connectivity index (χ2n) is 6.68. The molecule has 2 fully saturated rings. The molecule has 1 aromatic rings. The zero-order valence-electron chi connectivity index (χ0n) is 12.4. The highest BCUT2D eigenvalue weighted by molar-refractivity contribution is 7.16. The van der Waals surface area contributed by atoms with Crippen LogP contribution in [0.2, 0.25) is 4.34 Å². The lowest BCUT2D eigenvalue weighted by Crippen LogP contribution is -2.40. The summed E-state index contributed by atoms with van der Waals surface area (Å²) in [6, 6.07) is 4.86. The van der Waals surface area contributed by atoms with Crippen molar-refractivity contribution < 1.29 is 0 Å². The Balaban J connectivity index is 1.61. The summed E-state index contributed by atoms with van der Waals surface area (Å²) in [5, 5.41) is 3.59. The van der Waals surface area contributed by atoms with E-state index in [0.29, 0.717) is 6.04 Å². The largest absolute Gasteiger partial charge is 0.316 e. The van der Waals surface area contributed by atoms with E-state index in [4.69, 9.17) is 11.6 Å². The van der Waals surface area contributed by atoms with Gasteiger partial charge >= 0.3 is 0 Å². The van der Waals surface area contributed by atoms with Crippen molar-refractivity contribution in [1.29, 1.82) is 0 Å². The van der Waals surface area contributed by atoms with E-state index in [1.807, 2.05) is 6.07 Å². The lowest BCUT2D eigenvalue weighted by Gasteiger charge is -2.42. The average molecular weight is 312 g/mol. The normalized spacial score (nSPS) is 31.8. The molecule has 2 saturated carbocycles. The van der Waals surface area contributed by atoms with Crippen LogP contribution in [0.25, 0.3) is 0 Å². The summed E-state index contributed by atoms with van der Waals surface area (Å²) < 4.78 is 0.922. The van der Waals surface area contributed by atoms with E-state index in [-0.39, 0.29) is 0 Å². The predicted molar refractivity (Wildman–Crippen MR) is 88.7 cm³/mol. The van der Waals surface area contributed by atoms with Crippen LogP contribution in [0.5, 0.6) is 0 Å². The molecule has 1 heterocycles. The van der Waals surface area contributed by atoms with Gasteiger partial charge in [0.1, 0.15) is 0 Å². The quantitative estimate of drug-likeness (QED) is 0.812. The molecule has 20 heavy (non-hydrogen) atoms. The van der Waals surface area contributed by atoms with E-state index in [2.05, 4.69) is 18.4 Å². The van der Waals surface area contributed by atoms with Crippen LogP contribution in [0.1, 0.15) is 49.8 Å². The third kappa shape index (κ3) is 3.40. The standard InChI is InChI=1S/C17H26ClNS/c1-19-16(11-15-8-9-17(18)20-15)14-7-6-12-4-2-3-5-13(12)10-14/h8-9,12-14,16,19H,2-7,10-11H2,1H3. The van der Waals surface area contributed by atoms with Crippen molar-refractivity contribution in [1.82, 2.24) is 5.32 Å². The van der Waals surface area contributed by atoms with Gasteiger partial charge in [0.2, 0.25) is 0 Å². The molecule has 0 radical (unpaired) electrons. The number of halogens is 1. The van der Waals surface area contributed by atoms with Crippen LogP contribution < -0.4 is 5.32 Å². The summed E-state index contributed by atoms with van der Waals surface area (Å²) in [5.74, 6) is 2.93. The first-order valence-electron chi connectivity index (χ1n) is 8.17. The molecular weight excluding hydrogens is 286 g/mol. The van der Waals surface area contributed by atoms with E-state index in [0.717, 1.165) is 28.5 Å². The van der Waals surface area contributed by atoms with E-state index in [1.54, 1.807) is 11.3 Å². The minimum absolute atomic E-state index is 0.632. The van der Waals surface area contributed by atoms with Crippen LogP contribution in [-0.4, -0.2) is 13.1 Å². The molecule has 0 saturated heterocycles.